The van der Waals surface area contributed by atoms with Gasteiger partial charge in [-0.2, -0.15) is 0 Å². The molecule has 1 fully saturated rings. The Bertz CT molecular complexity index is 445. The number of nitrogens with zero attached hydrogens (tertiary/aromatic N) is 4. The highest BCUT2D eigenvalue weighted by Crippen LogP contribution is 2.12. The Labute approximate surface area is 137 Å². The summed E-state index contributed by atoms with van der Waals surface area (Å²) in [6, 6.07) is 1.96. The van der Waals surface area contributed by atoms with Crippen LogP contribution >= 0.6 is 24.8 Å². The Hall–Kier alpha value is -1.11. The number of hydrogen-bond donors (Lipinski definition) is 1. The van der Waals surface area contributed by atoms with Crippen molar-refractivity contribution in [2.24, 2.45) is 0 Å². The fraction of sp³-hybridized carbons (Fsp3) is 0.615. The molecule has 0 aromatic carbocycles. The van der Waals surface area contributed by atoms with Gasteiger partial charge in [0, 0.05) is 44.1 Å². The number of rotatable bonds is 4. The van der Waals surface area contributed by atoms with Gasteiger partial charge in [0.2, 0.25) is 5.95 Å². The van der Waals surface area contributed by atoms with Gasteiger partial charge in [-0.15, -0.1) is 24.8 Å². The van der Waals surface area contributed by atoms with E-state index in [1.165, 1.54) is 0 Å². The number of anilines is 1. The average molecular weight is 337 g/mol. The summed E-state index contributed by atoms with van der Waals surface area (Å²) in [7, 11) is 0. The van der Waals surface area contributed by atoms with E-state index in [1.807, 2.05) is 19.9 Å². The smallest absolute Gasteiger partial charge is 0.304 e. The Morgan fingerprint density at radius 2 is 1.67 bits per heavy atom. The van der Waals surface area contributed by atoms with Crippen molar-refractivity contribution in [3.8, 4) is 0 Å². The minimum atomic E-state index is -0.736. The zero-order valence-corrected chi connectivity index (χ0v) is 13.9. The number of carboxylic acids is 1. The number of halogens is 2. The molecule has 8 heteroatoms. The van der Waals surface area contributed by atoms with Crippen molar-refractivity contribution in [3.05, 3.63) is 17.5 Å². The molecule has 0 spiro atoms. The topological polar surface area (TPSA) is 69.6 Å². The Morgan fingerprint density at radius 3 is 2.14 bits per heavy atom. The maximum atomic E-state index is 10.5. The Morgan fingerprint density at radius 1 is 1.14 bits per heavy atom. The molecule has 0 radical (unpaired) electrons. The van der Waals surface area contributed by atoms with E-state index in [0.29, 0.717) is 6.54 Å². The molecule has 1 aliphatic heterocycles. The van der Waals surface area contributed by atoms with Crippen LogP contribution in [0, 0.1) is 13.8 Å². The van der Waals surface area contributed by atoms with Crippen LogP contribution in [0.2, 0.25) is 0 Å². The molecule has 1 N–H and O–H groups in total. The number of piperazine rings is 1. The Kier molecular flexibility index (Phi) is 8.54. The van der Waals surface area contributed by atoms with Crippen LogP contribution < -0.4 is 4.90 Å². The fourth-order valence-corrected chi connectivity index (χ4v) is 2.27. The molecule has 1 aromatic heterocycles. The molecule has 0 aliphatic carbocycles. The van der Waals surface area contributed by atoms with Gasteiger partial charge in [-0.3, -0.25) is 9.69 Å². The average Bonchev–Trinajstić information content (AvgIpc) is 2.36. The van der Waals surface area contributed by atoms with Crippen molar-refractivity contribution in [2.75, 3.05) is 37.6 Å². The Balaban J connectivity index is 0.00000200. The third-order valence-electron chi connectivity index (χ3n) is 3.27. The van der Waals surface area contributed by atoms with E-state index in [2.05, 4.69) is 19.8 Å². The molecule has 1 saturated heterocycles. The summed E-state index contributed by atoms with van der Waals surface area (Å²) in [5, 5.41) is 8.68. The lowest BCUT2D eigenvalue weighted by molar-refractivity contribution is -0.137. The van der Waals surface area contributed by atoms with Crippen LogP contribution in [-0.4, -0.2) is 58.7 Å². The van der Waals surface area contributed by atoms with Gasteiger partial charge in [0.05, 0.1) is 6.42 Å². The molecule has 0 bridgehead atoms. The van der Waals surface area contributed by atoms with Crippen LogP contribution in [0.25, 0.3) is 0 Å². The van der Waals surface area contributed by atoms with E-state index < -0.39 is 5.97 Å². The fourth-order valence-electron chi connectivity index (χ4n) is 2.27. The molecule has 2 heterocycles. The highest BCUT2D eigenvalue weighted by Gasteiger charge is 2.19. The zero-order valence-electron chi connectivity index (χ0n) is 12.3. The summed E-state index contributed by atoms with van der Waals surface area (Å²) in [5.74, 6) is 0.0513. The quantitative estimate of drug-likeness (QED) is 0.899. The molecule has 1 aromatic rings. The summed E-state index contributed by atoms with van der Waals surface area (Å²) in [5.41, 5.74) is 1.96. The molecule has 0 amide bonds. The van der Waals surface area contributed by atoms with E-state index in [-0.39, 0.29) is 31.2 Å². The monoisotopic (exact) mass is 336 g/mol. The molecular weight excluding hydrogens is 315 g/mol. The number of aryl methyl sites for hydroxylation is 2. The number of aromatic nitrogens is 2. The van der Waals surface area contributed by atoms with Crippen molar-refractivity contribution in [1.29, 1.82) is 0 Å². The molecular formula is C13H22Cl2N4O2. The summed E-state index contributed by atoms with van der Waals surface area (Å²) in [6.07, 6.45) is 0.208. The minimum absolute atomic E-state index is 0. The van der Waals surface area contributed by atoms with Crippen LogP contribution in [0.15, 0.2) is 6.07 Å². The van der Waals surface area contributed by atoms with Gasteiger partial charge in [-0.1, -0.05) is 0 Å². The van der Waals surface area contributed by atoms with Crippen molar-refractivity contribution < 1.29 is 9.90 Å². The first-order valence-corrected chi connectivity index (χ1v) is 6.56. The molecule has 2 rings (SSSR count). The summed E-state index contributed by atoms with van der Waals surface area (Å²) >= 11 is 0. The first-order valence-electron chi connectivity index (χ1n) is 6.56. The second-order valence-corrected chi connectivity index (χ2v) is 4.92. The molecule has 21 heavy (non-hydrogen) atoms. The first-order chi connectivity index (χ1) is 9.04. The molecule has 0 unspecified atom stereocenters. The summed E-state index contributed by atoms with van der Waals surface area (Å²) < 4.78 is 0. The van der Waals surface area contributed by atoms with Crippen molar-refractivity contribution in [2.45, 2.75) is 20.3 Å². The second-order valence-electron chi connectivity index (χ2n) is 4.92. The minimum Gasteiger partial charge on any atom is -0.481 e. The van der Waals surface area contributed by atoms with Crippen LogP contribution in [0.4, 0.5) is 5.95 Å². The number of carboxylic acid groups (broad SMARTS) is 1. The van der Waals surface area contributed by atoms with Crippen molar-refractivity contribution in [3.63, 3.8) is 0 Å². The van der Waals surface area contributed by atoms with Gasteiger partial charge in [0.25, 0.3) is 0 Å². The zero-order chi connectivity index (χ0) is 13.8. The molecule has 6 nitrogen and oxygen atoms in total. The van der Waals surface area contributed by atoms with Gasteiger partial charge < -0.3 is 10.0 Å². The van der Waals surface area contributed by atoms with E-state index in [4.69, 9.17) is 5.11 Å². The molecule has 120 valence electrons. The van der Waals surface area contributed by atoms with Gasteiger partial charge in [0.15, 0.2) is 0 Å². The number of carbonyl (C=O) groups is 1. The maximum Gasteiger partial charge on any atom is 0.304 e. The lowest BCUT2D eigenvalue weighted by atomic mass is 10.3. The summed E-state index contributed by atoms with van der Waals surface area (Å²) in [4.78, 5) is 23.8. The SMILES string of the molecule is Cc1cc(C)nc(N2CCN(CCC(=O)O)CC2)n1.Cl.Cl. The normalized spacial score (nSPS) is 15.0. The van der Waals surface area contributed by atoms with E-state index in [1.54, 1.807) is 0 Å². The lowest BCUT2D eigenvalue weighted by Gasteiger charge is -2.34. The van der Waals surface area contributed by atoms with Crippen LogP contribution in [0.3, 0.4) is 0 Å². The predicted octanol–water partition coefficient (Wildman–Crippen LogP) is 1.53. The van der Waals surface area contributed by atoms with Gasteiger partial charge in [-0.25, -0.2) is 9.97 Å². The third-order valence-corrected chi connectivity index (χ3v) is 3.27. The highest BCUT2D eigenvalue weighted by atomic mass is 35.5. The molecule has 1 aliphatic rings. The lowest BCUT2D eigenvalue weighted by Crippen LogP contribution is -2.47. The van der Waals surface area contributed by atoms with Crippen molar-refractivity contribution >= 4 is 36.7 Å². The molecule has 0 atom stereocenters. The first kappa shape index (κ1) is 19.9. The van der Waals surface area contributed by atoms with E-state index in [9.17, 15) is 4.79 Å². The third kappa shape index (κ3) is 6.03. The maximum absolute atomic E-state index is 10.5. The summed E-state index contributed by atoms with van der Waals surface area (Å²) in [6.45, 7) is 8.00. The predicted molar refractivity (Wildman–Crippen MR) is 86.9 cm³/mol. The van der Waals surface area contributed by atoms with E-state index in [0.717, 1.165) is 43.5 Å². The van der Waals surface area contributed by atoms with E-state index >= 15 is 0 Å². The highest BCUT2D eigenvalue weighted by molar-refractivity contribution is 5.85. The van der Waals surface area contributed by atoms with Crippen LogP contribution in [-0.2, 0) is 4.79 Å². The standard InChI is InChI=1S/C13H20N4O2.2ClH/c1-10-9-11(2)15-13(14-10)17-7-5-16(6-8-17)4-3-12(18)19;;/h9H,3-8H2,1-2H3,(H,18,19);2*1H. The van der Waals surface area contributed by atoms with Crippen LogP contribution in [0.5, 0.6) is 0 Å². The second kappa shape index (κ2) is 9.02. The van der Waals surface area contributed by atoms with Crippen molar-refractivity contribution in [1.82, 2.24) is 14.9 Å². The molecule has 0 saturated carbocycles. The largest absolute Gasteiger partial charge is 0.481 e. The van der Waals surface area contributed by atoms with Gasteiger partial charge >= 0.3 is 5.97 Å². The van der Waals surface area contributed by atoms with Crippen LogP contribution in [0.1, 0.15) is 17.8 Å². The number of aliphatic carboxylic acids is 1. The van der Waals surface area contributed by atoms with Gasteiger partial charge in [-0.05, 0) is 19.9 Å². The number of hydrogen-bond acceptors (Lipinski definition) is 5. The van der Waals surface area contributed by atoms with Gasteiger partial charge in [0.1, 0.15) is 0 Å².